The highest BCUT2D eigenvalue weighted by molar-refractivity contribution is 6.03. The molecule has 158 valence electrons. The number of rotatable bonds is 4. The zero-order chi connectivity index (χ0) is 22.3. The van der Waals surface area contributed by atoms with E-state index in [9.17, 15) is 14.7 Å². The number of carboxylic acids is 1. The Balaban J connectivity index is 1.64. The fourth-order valence-electron chi connectivity index (χ4n) is 3.69. The van der Waals surface area contributed by atoms with Crippen molar-refractivity contribution in [1.82, 2.24) is 9.13 Å². The lowest BCUT2D eigenvalue weighted by Gasteiger charge is -2.22. The molecule has 2 aromatic heterocycles. The number of aromatic nitrogens is 2. The Morgan fingerprint density at radius 1 is 0.935 bits per heavy atom. The molecule has 2 aromatic carbocycles. The average molecular weight is 415 g/mol. The van der Waals surface area contributed by atoms with Gasteiger partial charge in [-0.25, -0.2) is 4.79 Å². The quantitative estimate of drug-likeness (QED) is 0.478. The molecular weight excluding hydrogens is 390 g/mol. The van der Waals surface area contributed by atoms with Gasteiger partial charge in [0.1, 0.15) is 5.69 Å². The van der Waals surface area contributed by atoms with Crippen molar-refractivity contribution in [2.24, 2.45) is 7.05 Å². The van der Waals surface area contributed by atoms with Crippen molar-refractivity contribution in [3.8, 4) is 11.1 Å². The number of aromatic carboxylic acids is 1. The molecular formula is C25H25N3O3. The van der Waals surface area contributed by atoms with E-state index in [-0.39, 0.29) is 17.0 Å². The molecule has 0 spiro atoms. The minimum Gasteiger partial charge on any atom is -0.478 e. The van der Waals surface area contributed by atoms with Gasteiger partial charge < -0.3 is 15.0 Å². The Hall–Kier alpha value is -3.80. The first-order valence-corrected chi connectivity index (χ1v) is 10.1. The van der Waals surface area contributed by atoms with Crippen LogP contribution in [0.15, 0.2) is 67.0 Å². The summed E-state index contributed by atoms with van der Waals surface area (Å²) in [5, 5.41) is 13.3. The molecule has 0 aliphatic rings. The summed E-state index contributed by atoms with van der Waals surface area (Å²) in [6.07, 6.45) is 3.62. The number of benzene rings is 2. The van der Waals surface area contributed by atoms with Crippen molar-refractivity contribution in [2.75, 3.05) is 5.32 Å². The van der Waals surface area contributed by atoms with Crippen molar-refractivity contribution in [3.63, 3.8) is 0 Å². The first-order chi connectivity index (χ1) is 14.6. The lowest BCUT2D eigenvalue weighted by Crippen LogP contribution is -2.25. The van der Waals surface area contributed by atoms with E-state index < -0.39 is 5.97 Å². The van der Waals surface area contributed by atoms with Gasteiger partial charge >= 0.3 is 5.97 Å². The Morgan fingerprint density at radius 3 is 2.29 bits per heavy atom. The number of carbonyl (C=O) groups is 2. The molecule has 2 heterocycles. The predicted molar refractivity (Wildman–Crippen MR) is 123 cm³/mol. The predicted octanol–water partition coefficient (Wildman–Crippen LogP) is 5.24. The second-order valence-corrected chi connectivity index (χ2v) is 8.75. The van der Waals surface area contributed by atoms with Gasteiger partial charge in [0, 0.05) is 41.6 Å². The second kappa shape index (κ2) is 7.47. The molecule has 0 fully saturated rings. The normalized spacial score (nSPS) is 11.6. The number of aryl methyl sites for hydroxylation is 1. The highest BCUT2D eigenvalue weighted by Crippen LogP contribution is 2.26. The molecule has 4 rings (SSSR count). The van der Waals surface area contributed by atoms with Crippen LogP contribution in [0.4, 0.5) is 5.69 Å². The first-order valence-electron chi connectivity index (χ1n) is 10.1. The van der Waals surface area contributed by atoms with Crippen molar-refractivity contribution in [1.29, 1.82) is 0 Å². The van der Waals surface area contributed by atoms with Crippen LogP contribution in [0.25, 0.3) is 22.0 Å². The van der Waals surface area contributed by atoms with Crippen LogP contribution in [-0.4, -0.2) is 31.7 Å². The number of hydrogen-bond acceptors (Lipinski definition) is 3. The fraction of sp³-hybridized carbons (Fsp3) is 0.200. The SMILES string of the molecule is Cn1cc(-c2ccc(NC(C)(C)C)cc2)cc1C(=O)n1ccc2cc(C(=O)O)ccc21. The first kappa shape index (κ1) is 20.5. The summed E-state index contributed by atoms with van der Waals surface area (Å²) in [5.74, 6) is -1.16. The molecule has 2 N–H and O–H groups in total. The van der Waals surface area contributed by atoms with Gasteiger partial charge in [-0.1, -0.05) is 12.1 Å². The van der Waals surface area contributed by atoms with Crippen LogP contribution in [0.1, 0.15) is 41.6 Å². The van der Waals surface area contributed by atoms with E-state index in [1.807, 2.05) is 48.1 Å². The molecule has 0 radical (unpaired) electrons. The Bertz CT molecular complexity index is 1290. The third-order valence-electron chi connectivity index (χ3n) is 5.12. The van der Waals surface area contributed by atoms with Gasteiger partial charge in [-0.05, 0) is 68.8 Å². The largest absolute Gasteiger partial charge is 0.478 e. The van der Waals surface area contributed by atoms with E-state index in [1.165, 1.54) is 6.07 Å². The van der Waals surface area contributed by atoms with E-state index in [2.05, 4.69) is 26.1 Å². The third-order valence-corrected chi connectivity index (χ3v) is 5.12. The second-order valence-electron chi connectivity index (χ2n) is 8.75. The molecule has 0 aliphatic carbocycles. The number of fused-ring (bicyclic) bond motifs is 1. The van der Waals surface area contributed by atoms with Gasteiger partial charge in [0.2, 0.25) is 0 Å². The maximum absolute atomic E-state index is 13.2. The standard InChI is InChI=1S/C25H25N3O3/c1-25(2,3)26-20-8-5-16(6-9-20)19-14-22(27(4)15-19)23(29)28-12-11-17-13-18(24(30)31)7-10-21(17)28/h5-15,26H,1-4H3,(H,30,31). The molecule has 0 saturated carbocycles. The van der Waals surface area contributed by atoms with Crippen molar-refractivity contribution < 1.29 is 14.7 Å². The molecule has 4 aromatic rings. The van der Waals surface area contributed by atoms with Crippen LogP contribution in [0.5, 0.6) is 0 Å². The van der Waals surface area contributed by atoms with Gasteiger partial charge in [-0.2, -0.15) is 0 Å². The number of nitrogens with zero attached hydrogens (tertiary/aromatic N) is 2. The Kier molecular flexibility index (Phi) is 4.93. The number of hydrogen-bond donors (Lipinski definition) is 2. The van der Waals surface area contributed by atoms with E-state index in [4.69, 9.17) is 0 Å². The number of carbonyl (C=O) groups excluding carboxylic acids is 1. The zero-order valence-corrected chi connectivity index (χ0v) is 18.0. The Labute approximate surface area is 180 Å². The molecule has 0 amide bonds. The summed E-state index contributed by atoms with van der Waals surface area (Å²) in [5.41, 5.74) is 4.43. The summed E-state index contributed by atoms with van der Waals surface area (Å²) in [7, 11) is 1.85. The van der Waals surface area contributed by atoms with Crippen LogP contribution in [0.3, 0.4) is 0 Å². The summed E-state index contributed by atoms with van der Waals surface area (Å²) < 4.78 is 3.37. The molecule has 6 nitrogen and oxygen atoms in total. The van der Waals surface area contributed by atoms with E-state index >= 15 is 0 Å². The smallest absolute Gasteiger partial charge is 0.335 e. The van der Waals surface area contributed by atoms with E-state index in [0.29, 0.717) is 16.6 Å². The topological polar surface area (TPSA) is 76.3 Å². The molecule has 0 saturated heterocycles. The lowest BCUT2D eigenvalue weighted by molar-refractivity contribution is 0.0697. The van der Waals surface area contributed by atoms with Crippen molar-refractivity contribution in [3.05, 3.63) is 78.2 Å². The molecule has 0 atom stereocenters. The Morgan fingerprint density at radius 2 is 1.65 bits per heavy atom. The molecule has 6 heteroatoms. The summed E-state index contributed by atoms with van der Waals surface area (Å²) in [6.45, 7) is 6.34. The zero-order valence-electron chi connectivity index (χ0n) is 18.0. The maximum Gasteiger partial charge on any atom is 0.335 e. The molecule has 31 heavy (non-hydrogen) atoms. The van der Waals surface area contributed by atoms with Gasteiger partial charge in [0.15, 0.2) is 0 Å². The third kappa shape index (κ3) is 4.10. The number of carboxylic acid groups (broad SMARTS) is 1. The van der Waals surface area contributed by atoms with E-state index in [1.54, 1.807) is 29.0 Å². The van der Waals surface area contributed by atoms with Crippen LogP contribution >= 0.6 is 0 Å². The van der Waals surface area contributed by atoms with Gasteiger partial charge in [0.05, 0.1) is 11.1 Å². The molecule has 0 unspecified atom stereocenters. The fourth-order valence-corrected chi connectivity index (χ4v) is 3.69. The highest BCUT2D eigenvalue weighted by atomic mass is 16.4. The minimum absolute atomic E-state index is 0.0153. The highest BCUT2D eigenvalue weighted by Gasteiger charge is 2.17. The van der Waals surface area contributed by atoms with Gasteiger partial charge in [0.25, 0.3) is 5.91 Å². The van der Waals surface area contributed by atoms with Gasteiger partial charge in [-0.15, -0.1) is 0 Å². The average Bonchev–Trinajstić information content (AvgIpc) is 3.30. The van der Waals surface area contributed by atoms with Crippen LogP contribution in [0, 0.1) is 0 Å². The number of anilines is 1. The van der Waals surface area contributed by atoms with Crippen LogP contribution in [0.2, 0.25) is 0 Å². The van der Waals surface area contributed by atoms with Crippen LogP contribution in [-0.2, 0) is 7.05 Å². The lowest BCUT2D eigenvalue weighted by atomic mass is 10.1. The molecule has 0 aliphatic heterocycles. The van der Waals surface area contributed by atoms with E-state index in [0.717, 1.165) is 16.8 Å². The molecule has 0 bridgehead atoms. The number of nitrogens with one attached hydrogen (secondary N) is 1. The monoisotopic (exact) mass is 415 g/mol. The van der Waals surface area contributed by atoms with Crippen LogP contribution < -0.4 is 5.32 Å². The van der Waals surface area contributed by atoms with Gasteiger partial charge in [-0.3, -0.25) is 9.36 Å². The summed E-state index contributed by atoms with van der Waals surface area (Å²) in [6, 6.07) is 16.5. The van der Waals surface area contributed by atoms with Crippen molar-refractivity contribution >= 4 is 28.5 Å². The summed E-state index contributed by atoms with van der Waals surface area (Å²) in [4.78, 5) is 24.4. The maximum atomic E-state index is 13.2. The summed E-state index contributed by atoms with van der Waals surface area (Å²) >= 11 is 0. The van der Waals surface area contributed by atoms with Crippen molar-refractivity contribution in [2.45, 2.75) is 26.3 Å². The minimum atomic E-state index is -0.989.